The molecule has 3 aromatic rings. The van der Waals surface area contributed by atoms with E-state index in [1.165, 1.54) is 12.8 Å². The Morgan fingerprint density at radius 1 is 1.14 bits per heavy atom. The Morgan fingerprint density at radius 2 is 1.96 bits per heavy atom. The third kappa shape index (κ3) is 3.23. The molecule has 0 bridgehead atoms. The van der Waals surface area contributed by atoms with Gasteiger partial charge in [0.25, 0.3) is 0 Å². The average Bonchev–Trinajstić information content (AvgIpc) is 3.50. The van der Waals surface area contributed by atoms with Gasteiger partial charge in [-0.1, -0.05) is 31.0 Å². The average molecular weight is 376 g/mol. The number of imidazole rings is 1. The number of amides is 1. The molecule has 1 amide bonds. The lowest BCUT2D eigenvalue weighted by Gasteiger charge is -2.24. The molecule has 2 aliphatic rings. The molecule has 1 saturated heterocycles. The lowest BCUT2D eigenvalue weighted by molar-refractivity contribution is -0.129. The lowest BCUT2D eigenvalue weighted by atomic mass is 10.1. The van der Waals surface area contributed by atoms with Crippen molar-refractivity contribution in [2.24, 2.45) is 5.92 Å². The van der Waals surface area contributed by atoms with E-state index in [9.17, 15) is 4.79 Å². The molecule has 144 valence electrons. The summed E-state index contributed by atoms with van der Waals surface area (Å²) in [6.45, 7) is 1.63. The summed E-state index contributed by atoms with van der Waals surface area (Å²) < 4.78 is 7.77. The van der Waals surface area contributed by atoms with Crippen molar-refractivity contribution in [2.75, 3.05) is 6.54 Å². The second-order valence-electron chi connectivity index (χ2n) is 7.86. The van der Waals surface area contributed by atoms with Crippen LogP contribution in [0.25, 0.3) is 23.0 Å². The van der Waals surface area contributed by atoms with Gasteiger partial charge in [0.2, 0.25) is 11.8 Å². The van der Waals surface area contributed by atoms with Gasteiger partial charge in [0, 0.05) is 49.4 Å². The first kappa shape index (κ1) is 17.2. The summed E-state index contributed by atoms with van der Waals surface area (Å²) in [6, 6.07) is 10.3. The number of oxazole rings is 1. The maximum atomic E-state index is 12.5. The summed E-state index contributed by atoms with van der Waals surface area (Å²) in [5.74, 6) is 2.01. The van der Waals surface area contributed by atoms with Crippen molar-refractivity contribution in [3.63, 3.8) is 0 Å². The van der Waals surface area contributed by atoms with Crippen LogP contribution in [0.2, 0.25) is 0 Å². The van der Waals surface area contributed by atoms with Gasteiger partial charge in [-0.05, 0) is 25.0 Å². The Kier molecular flexibility index (Phi) is 4.47. The Labute approximate surface area is 164 Å². The predicted molar refractivity (Wildman–Crippen MR) is 105 cm³/mol. The highest BCUT2D eigenvalue weighted by atomic mass is 16.3. The van der Waals surface area contributed by atoms with Gasteiger partial charge < -0.3 is 13.9 Å². The van der Waals surface area contributed by atoms with E-state index >= 15 is 0 Å². The molecule has 2 fully saturated rings. The molecule has 2 aromatic heterocycles. The number of carbonyl (C=O) groups is 1. The van der Waals surface area contributed by atoms with Gasteiger partial charge in [0.1, 0.15) is 12.0 Å². The first-order valence-corrected chi connectivity index (χ1v) is 10.1. The summed E-state index contributed by atoms with van der Waals surface area (Å²) in [5, 5.41) is 0. The smallest absolute Gasteiger partial charge is 0.226 e. The van der Waals surface area contributed by atoms with Crippen LogP contribution in [0.3, 0.4) is 0 Å². The minimum absolute atomic E-state index is 0.311. The number of hydrogen-bond donors (Lipinski definition) is 0. The van der Waals surface area contributed by atoms with Crippen molar-refractivity contribution in [1.29, 1.82) is 0 Å². The number of benzene rings is 1. The molecule has 6 nitrogen and oxygen atoms in total. The van der Waals surface area contributed by atoms with Crippen molar-refractivity contribution in [1.82, 2.24) is 19.4 Å². The minimum atomic E-state index is 0.311. The van der Waals surface area contributed by atoms with Gasteiger partial charge >= 0.3 is 0 Å². The first-order valence-electron chi connectivity index (χ1n) is 10.1. The zero-order chi connectivity index (χ0) is 18.9. The Balaban J connectivity index is 1.32. The number of hydrogen-bond acceptors (Lipinski definition) is 4. The van der Waals surface area contributed by atoms with Gasteiger partial charge in [-0.15, -0.1) is 0 Å². The molecule has 6 heteroatoms. The van der Waals surface area contributed by atoms with E-state index in [0.717, 1.165) is 43.0 Å². The third-order valence-corrected chi connectivity index (χ3v) is 5.93. The molecule has 1 saturated carbocycles. The summed E-state index contributed by atoms with van der Waals surface area (Å²) >= 11 is 0. The van der Waals surface area contributed by atoms with Crippen molar-refractivity contribution >= 4 is 5.91 Å². The number of carbonyl (C=O) groups excluding carboxylic acids is 1. The van der Waals surface area contributed by atoms with E-state index in [2.05, 4.69) is 19.4 Å². The number of aromatic nitrogens is 3. The Hall–Kier alpha value is -2.89. The van der Waals surface area contributed by atoms with Crippen LogP contribution >= 0.6 is 0 Å². The predicted octanol–water partition coefficient (Wildman–Crippen LogP) is 4.00. The van der Waals surface area contributed by atoms with Gasteiger partial charge in [0.05, 0.1) is 0 Å². The monoisotopic (exact) mass is 376 g/mol. The van der Waals surface area contributed by atoms with Crippen LogP contribution in [0, 0.1) is 5.92 Å². The van der Waals surface area contributed by atoms with E-state index in [-0.39, 0.29) is 0 Å². The fourth-order valence-electron chi connectivity index (χ4n) is 4.56. The van der Waals surface area contributed by atoms with Gasteiger partial charge in [0.15, 0.2) is 5.82 Å². The fraction of sp³-hybridized carbons (Fsp3) is 0.409. The summed E-state index contributed by atoms with van der Waals surface area (Å²) in [7, 11) is 0. The summed E-state index contributed by atoms with van der Waals surface area (Å²) in [5.41, 5.74) is 1.67. The normalized spacial score (nSPS) is 20.4. The highest BCUT2D eigenvalue weighted by Crippen LogP contribution is 2.31. The van der Waals surface area contributed by atoms with Crippen LogP contribution in [-0.2, 0) is 11.3 Å². The molecule has 28 heavy (non-hydrogen) atoms. The number of rotatable bonds is 5. The second-order valence-corrected chi connectivity index (χ2v) is 7.86. The number of nitrogens with zero attached hydrogens (tertiary/aromatic N) is 4. The van der Waals surface area contributed by atoms with E-state index in [4.69, 9.17) is 4.42 Å². The van der Waals surface area contributed by atoms with Crippen LogP contribution in [0.1, 0.15) is 32.1 Å². The summed E-state index contributed by atoms with van der Waals surface area (Å²) in [4.78, 5) is 23.7. The third-order valence-electron chi connectivity index (χ3n) is 5.93. The first-order chi connectivity index (χ1) is 13.8. The quantitative estimate of drug-likeness (QED) is 0.675. The van der Waals surface area contributed by atoms with Crippen LogP contribution < -0.4 is 0 Å². The molecule has 1 aromatic carbocycles. The van der Waals surface area contributed by atoms with E-state index in [0.29, 0.717) is 30.2 Å². The molecule has 0 radical (unpaired) electrons. The standard InChI is InChI=1S/C22H24N4O2/c27-20-12-16(14-26(20)18-8-4-5-9-18)13-25-11-10-23-21(25)19-15-28-22(24-19)17-6-2-1-3-7-17/h1-3,6-7,10-11,15-16,18H,4-5,8-9,12-14H2. The molecule has 3 heterocycles. The largest absolute Gasteiger partial charge is 0.444 e. The Bertz CT molecular complexity index is 956. The highest BCUT2D eigenvalue weighted by molar-refractivity contribution is 5.79. The Morgan fingerprint density at radius 3 is 2.79 bits per heavy atom. The molecule has 1 unspecified atom stereocenters. The maximum absolute atomic E-state index is 12.5. The van der Waals surface area contributed by atoms with Gasteiger partial charge in [-0.2, -0.15) is 0 Å². The summed E-state index contributed by atoms with van der Waals surface area (Å²) in [6.07, 6.45) is 10.9. The van der Waals surface area contributed by atoms with Gasteiger partial charge in [-0.25, -0.2) is 9.97 Å². The van der Waals surface area contributed by atoms with E-state index in [1.807, 2.05) is 36.5 Å². The van der Waals surface area contributed by atoms with Crippen LogP contribution in [0.5, 0.6) is 0 Å². The number of likely N-dealkylation sites (tertiary alicyclic amines) is 1. The van der Waals surface area contributed by atoms with Crippen molar-refractivity contribution in [2.45, 2.75) is 44.7 Å². The maximum Gasteiger partial charge on any atom is 0.226 e. The van der Waals surface area contributed by atoms with Crippen LogP contribution in [0.15, 0.2) is 53.4 Å². The molecule has 5 rings (SSSR count). The minimum Gasteiger partial charge on any atom is -0.444 e. The SMILES string of the molecule is O=C1CC(Cn2ccnc2-c2coc(-c3ccccc3)n2)CN1C1CCCC1. The fourth-order valence-corrected chi connectivity index (χ4v) is 4.56. The molecule has 1 aliphatic heterocycles. The topological polar surface area (TPSA) is 64.2 Å². The van der Waals surface area contributed by atoms with Crippen LogP contribution in [-0.4, -0.2) is 37.9 Å². The zero-order valence-corrected chi connectivity index (χ0v) is 15.8. The lowest BCUT2D eigenvalue weighted by Crippen LogP contribution is -2.34. The van der Waals surface area contributed by atoms with Crippen LogP contribution in [0.4, 0.5) is 0 Å². The molecular weight excluding hydrogens is 352 g/mol. The molecule has 0 N–H and O–H groups in total. The second kappa shape index (κ2) is 7.26. The molecular formula is C22H24N4O2. The molecule has 0 spiro atoms. The van der Waals surface area contributed by atoms with Crippen molar-refractivity contribution in [3.05, 3.63) is 49.0 Å². The van der Waals surface area contributed by atoms with Gasteiger partial charge in [-0.3, -0.25) is 4.79 Å². The van der Waals surface area contributed by atoms with Crippen molar-refractivity contribution < 1.29 is 9.21 Å². The van der Waals surface area contributed by atoms with E-state index in [1.54, 1.807) is 12.5 Å². The molecule has 1 atom stereocenters. The highest BCUT2D eigenvalue weighted by Gasteiger charge is 2.35. The molecule has 1 aliphatic carbocycles. The van der Waals surface area contributed by atoms with Crippen molar-refractivity contribution in [3.8, 4) is 23.0 Å². The van der Waals surface area contributed by atoms with E-state index < -0.39 is 0 Å². The zero-order valence-electron chi connectivity index (χ0n) is 15.8.